The van der Waals surface area contributed by atoms with Crippen molar-refractivity contribution in [3.8, 4) is 17.1 Å². The van der Waals surface area contributed by atoms with Crippen molar-refractivity contribution >= 4 is 21.7 Å². The predicted molar refractivity (Wildman–Crippen MR) is 79.1 cm³/mol. The third-order valence-corrected chi connectivity index (χ3v) is 3.33. The molecule has 2 aromatic rings. The number of halogens is 1. The molecule has 0 atom stereocenters. The van der Waals surface area contributed by atoms with Crippen LogP contribution < -0.4 is 10.5 Å². The van der Waals surface area contributed by atoms with Crippen LogP contribution in [0.3, 0.4) is 0 Å². The summed E-state index contributed by atoms with van der Waals surface area (Å²) in [6.07, 6.45) is 0.823. The van der Waals surface area contributed by atoms with Gasteiger partial charge in [-0.05, 0) is 30.5 Å². The van der Waals surface area contributed by atoms with E-state index in [1.165, 1.54) is 0 Å². The summed E-state index contributed by atoms with van der Waals surface area (Å²) in [6, 6.07) is 5.77. The molecule has 5 heteroatoms. The Kier molecular flexibility index (Phi) is 4.14. The van der Waals surface area contributed by atoms with E-state index in [2.05, 4.69) is 34.9 Å². The molecule has 2 rings (SSSR count). The lowest BCUT2D eigenvalue weighted by molar-refractivity contribution is 0.406. The number of hydrogen-bond acceptors (Lipinski definition) is 4. The summed E-state index contributed by atoms with van der Waals surface area (Å²) in [6.45, 7) is 4.27. The number of benzene rings is 1. The second-order valence-corrected chi connectivity index (χ2v) is 5.73. The number of aromatic nitrogens is 1. The molecule has 19 heavy (non-hydrogen) atoms. The second kappa shape index (κ2) is 5.65. The Bertz CT molecular complexity index is 579. The van der Waals surface area contributed by atoms with Gasteiger partial charge in [-0.1, -0.05) is 34.9 Å². The molecule has 0 saturated heterocycles. The van der Waals surface area contributed by atoms with Gasteiger partial charge in [0.15, 0.2) is 11.6 Å². The minimum Gasteiger partial charge on any atom is -0.496 e. The lowest BCUT2D eigenvalue weighted by Gasteiger charge is -2.09. The molecule has 1 aromatic heterocycles. The predicted octanol–water partition coefficient (Wildman–Crippen LogP) is 3.89. The largest absolute Gasteiger partial charge is 0.496 e. The lowest BCUT2D eigenvalue weighted by Crippen LogP contribution is -1.99. The molecule has 0 bridgehead atoms. The minimum atomic E-state index is 0.452. The number of methoxy groups -OCH3 is 1. The molecule has 0 amide bonds. The highest BCUT2D eigenvalue weighted by Gasteiger charge is 2.19. The van der Waals surface area contributed by atoms with Crippen LogP contribution in [0.1, 0.15) is 19.4 Å². The van der Waals surface area contributed by atoms with E-state index in [0.29, 0.717) is 17.5 Å². The topological polar surface area (TPSA) is 61.3 Å². The average molecular weight is 325 g/mol. The van der Waals surface area contributed by atoms with Gasteiger partial charge in [0, 0.05) is 10.0 Å². The highest BCUT2D eigenvalue weighted by molar-refractivity contribution is 9.10. The van der Waals surface area contributed by atoms with Crippen molar-refractivity contribution in [2.45, 2.75) is 20.3 Å². The lowest BCUT2D eigenvalue weighted by atomic mass is 9.99. The molecule has 0 aliphatic heterocycles. The number of rotatable bonds is 4. The summed E-state index contributed by atoms with van der Waals surface area (Å²) in [4.78, 5) is 0. The Morgan fingerprint density at radius 3 is 2.79 bits per heavy atom. The normalized spacial score (nSPS) is 11.0. The molecular formula is C14H17BrN2O2. The molecule has 0 aliphatic carbocycles. The summed E-state index contributed by atoms with van der Waals surface area (Å²) < 4.78 is 11.7. The van der Waals surface area contributed by atoms with Crippen molar-refractivity contribution in [2.75, 3.05) is 12.8 Å². The number of hydrogen-bond donors (Lipinski definition) is 1. The molecule has 2 N–H and O–H groups in total. The van der Waals surface area contributed by atoms with Gasteiger partial charge in [-0.25, -0.2) is 0 Å². The molecule has 1 aromatic carbocycles. The first-order chi connectivity index (χ1) is 9.02. The van der Waals surface area contributed by atoms with Gasteiger partial charge in [-0.15, -0.1) is 0 Å². The maximum Gasteiger partial charge on any atom is 0.175 e. The Morgan fingerprint density at radius 2 is 2.16 bits per heavy atom. The number of nitrogens with two attached hydrogens (primary N) is 1. The third kappa shape index (κ3) is 2.92. The molecule has 4 nitrogen and oxygen atoms in total. The van der Waals surface area contributed by atoms with Crippen molar-refractivity contribution in [1.29, 1.82) is 0 Å². The standard InChI is InChI=1S/C14H17BrN2O2/c1-8(2)6-11-13(19-17-14(11)16)10-5-4-9(15)7-12(10)18-3/h4-5,7-8H,6H2,1-3H3,(H2,16,17). The molecule has 0 unspecified atom stereocenters. The summed E-state index contributed by atoms with van der Waals surface area (Å²) in [5.41, 5.74) is 7.70. The van der Waals surface area contributed by atoms with Crippen molar-refractivity contribution in [2.24, 2.45) is 5.92 Å². The van der Waals surface area contributed by atoms with Crippen LogP contribution in [0.2, 0.25) is 0 Å². The summed E-state index contributed by atoms with van der Waals surface area (Å²) in [5, 5.41) is 3.88. The van der Waals surface area contributed by atoms with E-state index in [-0.39, 0.29) is 0 Å². The quantitative estimate of drug-likeness (QED) is 0.926. The maximum atomic E-state index is 5.89. The van der Waals surface area contributed by atoms with Gasteiger partial charge in [0.05, 0.1) is 12.7 Å². The fourth-order valence-corrected chi connectivity index (χ4v) is 2.33. The van der Waals surface area contributed by atoms with Crippen LogP contribution in [0, 0.1) is 5.92 Å². The van der Waals surface area contributed by atoms with E-state index >= 15 is 0 Å². The molecule has 0 aliphatic rings. The zero-order valence-electron chi connectivity index (χ0n) is 11.2. The SMILES string of the molecule is COc1cc(Br)ccc1-c1onc(N)c1CC(C)C. The first kappa shape index (κ1) is 13.9. The molecule has 0 fully saturated rings. The number of ether oxygens (including phenoxy) is 1. The fourth-order valence-electron chi connectivity index (χ4n) is 1.99. The van der Waals surface area contributed by atoms with Gasteiger partial charge in [-0.2, -0.15) is 0 Å². The minimum absolute atomic E-state index is 0.452. The summed E-state index contributed by atoms with van der Waals surface area (Å²) >= 11 is 3.42. The van der Waals surface area contributed by atoms with Gasteiger partial charge in [0.25, 0.3) is 0 Å². The highest BCUT2D eigenvalue weighted by Crippen LogP contribution is 2.37. The highest BCUT2D eigenvalue weighted by atomic mass is 79.9. The van der Waals surface area contributed by atoms with E-state index in [0.717, 1.165) is 27.8 Å². The van der Waals surface area contributed by atoms with Crippen molar-refractivity contribution in [3.63, 3.8) is 0 Å². The van der Waals surface area contributed by atoms with Gasteiger partial charge in [0.1, 0.15) is 5.75 Å². The Balaban J connectivity index is 2.53. The molecule has 1 heterocycles. The van der Waals surface area contributed by atoms with Crippen LogP contribution in [-0.4, -0.2) is 12.3 Å². The summed E-state index contributed by atoms with van der Waals surface area (Å²) in [5.74, 6) is 2.35. The van der Waals surface area contributed by atoms with Crippen molar-refractivity contribution in [3.05, 3.63) is 28.2 Å². The monoisotopic (exact) mass is 324 g/mol. The number of nitrogen functional groups attached to an aromatic ring is 1. The van der Waals surface area contributed by atoms with Crippen LogP contribution >= 0.6 is 15.9 Å². The van der Waals surface area contributed by atoms with Crippen molar-refractivity contribution in [1.82, 2.24) is 5.16 Å². The van der Waals surface area contributed by atoms with Gasteiger partial charge in [-0.3, -0.25) is 0 Å². The van der Waals surface area contributed by atoms with Crippen LogP contribution in [0.15, 0.2) is 27.2 Å². The molecular weight excluding hydrogens is 308 g/mol. The van der Waals surface area contributed by atoms with Crippen LogP contribution in [0.25, 0.3) is 11.3 Å². The number of anilines is 1. The van der Waals surface area contributed by atoms with E-state index in [9.17, 15) is 0 Å². The van der Waals surface area contributed by atoms with E-state index in [1.54, 1.807) is 7.11 Å². The Morgan fingerprint density at radius 1 is 1.42 bits per heavy atom. The second-order valence-electron chi connectivity index (χ2n) is 4.82. The summed E-state index contributed by atoms with van der Waals surface area (Å²) in [7, 11) is 1.63. The van der Waals surface area contributed by atoms with E-state index in [4.69, 9.17) is 15.0 Å². The Labute approximate surface area is 121 Å². The molecule has 102 valence electrons. The third-order valence-electron chi connectivity index (χ3n) is 2.84. The zero-order valence-corrected chi connectivity index (χ0v) is 12.8. The van der Waals surface area contributed by atoms with Gasteiger partial charge >= 0.3 is 0 Å². The van der Waals surface area contributed by atoms with Crippen LogP contribution in [0.5, 0.6) is 5.75 Å². The molecule has 0 spiro atoms. The fraction of sp³-hybridized carbons (Fsp3) is 0.357. The molecule has 0 saturated carbocycles. The first-order valence-corrected chi connectivity index (χ1v) is 6.90. The van der Waals surface area contributed by atoms with Gasteiger partial charge < -0.3 is 15.0 Å². The maximum absolute atomic E-state index is 5.89. The van der Waals surface area contributed by atoms with E-state index in [1.807, 2.05) is 18.2 Å². The Hall–Kier alpha value is -1.49. The van der Waals surface area contributed by atoms with Gasteiger partial charge in [0.2, 0.25) is 0 Å². The van der Waals surface area contributed by atoms with Crippen LogP contribution in [-0.2, 0) is 6.42 Å². The first-order valence-electron chi connectivity index (χ1n) is 6.10. The molecule has 0 radical (unpaired) electrons. The van der Waals surface area contributed by atoms with Crippen molar-refractivity contribution < 1.29 is 9.26 Å². The number of nitrogens with zero attached hydrogens (tertiary/aromatic N) is 1. The zero-order chi connectivity index (χ0) is 14.0. The average Bonchev–Trinajstić information content (AvgIpc) is 2.70. The smallest absolute Gasteiger partial charge is 0.175 e. The van der Waals surface area contributed by atoms with Crippen LogP contribution in [0.4, 0.5) is 5.82 Å². The van der Waals surface area contributed by atoms with E-state index < -0.39 is 0 Å².